The molecule has 8 heteroatoms. The highest BCUT2D eigenvalue weighted by Gasteiger charge is 2.51. The highest BCUT2D eigenvalue weighted by Crippen LogP contribution is 2.37. The molecule has 1 atom stereocenters. The zero-order valence-corrected chi connectivity index (χ0v) is 23.7. The lowest BCUT2D eigenvalue weighted by molar-refractivity contribution is -0.110. The number of carbonyl (C=O) groups is 1. The van der Waals surface area contributed by atoms with Crippen LogP contribution < -0.4 is 15.5 Å². The van der Waals surface area contributed by atoms with Crippen molar-refractivity contribution < 1.29 is 18.5 Å². The van der Waals surface area contributed by atoms with Gasteiger partial charge in [-0.3, -0.25) is 9.52 Å². The molecule has 1 aliphatic heterocycles. The lowest BCUT2D eigenvalue weighted by Crippen LogP contribution is -2.41. The van der Waals surface area contributed by atoms with Gasteiger partial charge in [-0.2, -0.15) is 0 Å². The van der Waals surface area contributed by atoms with Gasteiger partial charge in [0, 0.05) is 10.9 Å². The van der Waals surface area contributed by atoms with Crippen molar-refractivity contribution in [2.24, 2.45) is 0 Å². The Morgan fingerprint density at radius 3 is 2.03 bits per heavy atom. The van der Waals surface area contributed by atoms with Crippen LogP contribution in [0.5, 0.6) is 0 Å². The summed E-state index contributed by atoms with van der Waals surface area (Å²) in [6, 6.07) is 15.0. The first kappa shape index (κ1) is 29.4. The van der Waals surface area contributed by atoms with Crippen LogP contribution >= 0.6 is 9.39 Å². The second-order valence-corrected chi connectivity index (χ2v) is 13.5. The van der Waals surface area contributed by atoms with Crippen molar-refractivity contribution in [1.29, 1.82) is 0 Å². The molecule has 0 aromatic heterocycles. The van der Waals surface area contributed by atoms with Crippen LogP contribution in [0.1, 0.15) is 78.3 Å². The molecule has 2 aromatic carbocycles. The molecule has 4 rings (SSSR count). The molecule has 1 amide bonds. The average Bonchev–Trinajstić information content (AvgIpc) is 3.07. The molecule has 37 heavy (non-hydrogen) atoms. The minimum atomic E-state index is -1.48. The maximum absolute atomic E-state index is 12.4. The Morgan fingerprint density at radius 2 is 1.51 bits per heavy atom. The van der Waals surface area contributed by atoms with E-state index >= 15 is 0 Å². The van der Waals surface area contributed by atoms with Gasteiger partial charge < -0.3 is 14.6 Å². The van der Waals surface area contributed by atoms with E-state index in [1.54, 1.807) is 12.1 Å². The smallest absolute Gasteiger partial charge is 0.399 e. The number of hydrogen-bond acceptors (Lipinski definition) is 4. The first-order valence-electron chi connectivity index (χ1n) is 13.0. The van der Waals surface area contributed by atoms with Crippen molar-refractivity contribution in [2.45, 2.75) is 94.9 Å². The Morgan fingerprint density at radius 1 is 0.973 bits per heavy atom. The molecule has 2 fully saturated rings. The number of nitrogens with one attached hydrogen (secondary N) is 2. The zero-order valence-electron chi connectivity index (χ0n) is 22.9. The summed E-state index contributed by atoms with van der Waals surface area (Å²) in [6.07, 6.45) is 7.10. The first-order chi connectivity index (χ1) is 17.3. The molecule has 0 unspecified atom stereocenters. The molecule has 202 valence electrons. The summed E-state index contributed by atoms with van der Waals surface area (Å²) in [5, 5.41) is 2.58. The Hall–Kier alpha value is -2.13. The van der Waals surface area contributed by atoms with Crippen LogP contribution in [0, 0.1) is 5.82 Å². The first-order valence-corrected chi connectivity index (χ1v) is 15.0. The molecule has 0 radical (unpaired) electrons. The minimum absolute atomic E-state index is 0.0666. The number of hydrogen-bond donors (Lipinski definition) is 2. The SMILES string of the molecule is C=S(=C)(NC1CCCCC1)c1ccc(B2OC(C)(C)C(C)(C)O2)cc1.C[C@@H](NC=O)c1ccc(F)cc1. The van der Waals surface area contributed by atoms with Gasteiger partial charge in [-0.1, -0.05) is 55.3 Å². The van der Waals surface area contributed by atoms with Crippen LogP contribution in [0.15, 0.2) is 53.4 Å². The second-order valence-electron chi connectivity index (χ2n) is 11.1. The standard InChI is InChI=1S/C20H32BNO2S.C9H10FNO/c1-19(2)20(3,4)24-21(23-19)16-12-14-18(15-13-16)25(5,6)22-17-10-8-7-9-11-17;1-7(11-6-12)8-2-4-9(10)5-3-8/h12-15,17,22H,5-11H2,1-4H3;2-7H,1H3,(H,11,12)/t;7-/m.1/s1. The maximum atomic E-state index is 12.4. The van der Waals surface area contributed by atoms with E-state index in [1.165, 1.54) is 49.1 Å². The van der Waals surface area contributed by atoms with Gasteiger partial charge in [0.1, 0.15) is 5.82 Å². The molecule has 2 aliphatic rings. The van der Waals surface area contributed by atoms with Gasteiger partial charge in [0.2, 0.25) is 6.41 Å². The fraction of sp³-hybridized carbons (Fsp3) is 0.483. The molecule has 0 spiro atoms. The molecule has 2 N–H and O–H groups in total. The van der Waals surface area contributed by atoms with Crippen LogP contribution in [0.3, 0.4) is 0 Å². The fourth-order valence-corrected chi connectivity index (χ4v) is 6.09. The van der Waals surface area contributed by atoms with Gasteiger partial charge in [-0.25, -0.2) is 4.39 Å². The Balaban J connectivity index is 0.000000266. The summed E-state index contributed by atoms with van der Waals surface area (Å²) in [5.41, 5.74) is 1.32. The number of amides is 1. The van der Waals surface area contributed by atoms with E-state index < -0.39 is 9.39 Å². The van der Waals surface area contributed by atoms with Crippen LogP contribution in [0.4, 0.5) is 4.39 Å². The maximum Gasteiger partial charge on any atom is 0.494 e. The van der Waals surface area contributed by atoms with Crippen LogP contribution in [0.2, 0.25) is 0 Å². The normalized spacial score (nSPS) is 20.0. The fourth-order valence-electron chi connectivity index (χ4n) is 4.42. The van der Waals surface area contributed by atoms with Gasteiger partial charge >= 0.3 is 7.12 Å². The third kappa shape index (κ3) is 7.70. The van der Waals surface area contributed by atoms with Gasteiger partial charge in [0.25, 0.3) is 0 Å². The lowest BCUT2D eigenvalue weighted by atomic mass is 9.79. The molecular weight excluding hydrogens is 486 g/mol. The highest BCUT2D eigenvalue weighted by molar-refractivity contribution is 8.26. The summed E-state index contributed by atoms with van der Waals surface area (Å²) in [5.74, 6) is 8.55. The number of rotatable bonds is 7. The van der Waals surface area contributed by atoms with Crippen molar-refractivity contribution in [3.05, 3.63) is 59.9 Å². The topological polar surface area (TPSA) is 59.6 Å². The van der Waals surface area contributed by atoms with E-state index in [1.807, 2.05) is 6.92 Å². The predicted molar refractivity (Wildman–Crippen MR) is 156 cm³/mol. The van der Waals surface area contributed by atoms with E-state index in [2.05, 4.69) is 73.7 Å². The predicted octanol–water partition coefficient (Wildman–Crippen LogP) is 5.48. The van der Waals surface area contributed by atoms with Crippen LogP contribution in [-0.4, -0.2) is 42.5 Å². The Bertz CT molecular complexity index is 1110. The molecule has 1 aliphatic carbocycles. The number of carbonyl (C=O) groups excluding carboxylic acids is 1. The average molecular weight is 529 g/mol. The number of benzene rings is 2. The van der Waals surface area contributed by atoms with Gasteiger partial charge in [0.15, 0.2) is 0 Å². The Kier molecular flexibility index (Phi) is 9.67. The summed E-state index contributed by atoms with van der Waals surface area (Å²) in [4.78, 5) is 11.2. The van der Waals surface area contributed by atoms with E-state index in [4.69, 9.17) is 9.31 Å². The zero-order chi connectivity index (χ0) is 27.3. The molecular formula is C29H42BFN2O3S. The molecule has 0 bridgehead atoms. The summed E-state index contributed by atoms with van der Waals surface area (Å²) >= 11 is 0. The number of halogens is 1. The molecule has 2 aromatic rings. The van der Waals surface area contributed by atoms with Crippen molar-refractivity contribution in [2.75, 3.05) is 0 Å². The Labute approximate surface area is 223 Å². The third-order valence-electron chi connectivity index (χ3n) is 7.54. The molecule has 1 saturated carbocycles. The van der Waals surface area contributed by atoms with Crippen LogP contribution in [0.25, 0.3) is 0 Å². The second kappa shape index (κ2) is 12.2. The van der Waals surface area contributed by atoms with Crippen molar-refractivity contribution in [3.8, 4) is 0 Å². The monoisotopic (exact) mass is 528 g/mol. The van der Waals surface area contributed by atoms with Crippen molar-refractivity contribution >= 4 is 40.1 Å². The third-order valence-corrected chi connectivity index (χ3v) is 9.50. The van der Waals surface area contributed by atoms with E-state index in [9.17, 15) is 9.18 Å². The minimum Gasteiger partial charge on any atom is -0.399 e. The van der Waals surface area contributed by atoms with E-state index in [0.717, 1.165) is 11.0 Å². The summed E-state index contributed by atoms with van der Waals surface area (Å²) < 4.78 is 28.4. The molecule has 1 saturated heterocycles. The largest absolute Gasteiger partial charge is 0.494 e. The van der Waals surface area contributed by atoms with Crippen molar-refractivity contribution in [1.82, 2.24) is 10.0 Å². The summed E-state index contributed by atoms with van der Waals surface area (Å²) in [6.45, 7) is 10.2. The van der Waals surface area contributed by atoms with E-state index in [-0.39, 0.29) is 30.2 Å². The molecule has 5 nitrogen and oxygen atoms in total. The van der Waals surface area contributed by atoms with Crippen LogP contribution in [-0.2, 0) is 14.1 Å². The highest BCUT2D eigenvalue weighted by atomic mass is 32.2. The lowest BCUT2D eigenvalue weighted by Gasteiger charge is -2.32. The van der Waals surface area contributed by atoms with Crippen molar-refractivity contribution in [3.63, 3.8) is 0 Å². The van der Waals surface area contributed by atoms with Gasteiger partial charge in [-0.05, 0) is 82.8 Å². The van der Waals surface area contributed by atoms with Gasteiger partial charge in [-0.15, -0.1) is 9.39 Å². The quantitative estimate of drug-likeness (QED) is 0.284. The van der Waals surface area contributed by atoms with E-state index in [0.29, 0.717) is 12.5 Å². The summed E-state index contributed by atoms with van der Waals surface area (Å²) in [7, 11) is -1.79. The molecule has 1 heterocycles. The van der Waals surface area contributed by atoms with Gasteiger partial charge in [0.05, 0.1) is 17.2 Å².